The molecule has 0 aliphatic rings. The van der Waals surface area contributed by atoms with E-state index in [9.17, 15) is 0 Å². The van der Waals surface area contributed by atoms with Crippen molar-refractivity contribution < 1.29 is 0 Å². The molecule has 0 radical (unpaired) electrons. The number of benzene rings is 3. The highest BCUT2D eigenvalue weighted by Gasteiger charge is 2.20. The van der Waals surface area contributed by atoms with Crippen molar-refractivity contribution >= 4 is 10.9 Å². The van der Waals surface area contributed by atoms with Crippen LogP contribution in [0.4, 0.5) is 0 Å². The van der Waals surface area contributed by atoms with Gasteiger partial charge in [0.1, 0.15) is 0 Å². The van der Waals surface area contributed by atoms with E-state index in [2.05, 4.69) is 69.6 Å². The quantitative estimate of drug-likeness (QED) is 0.399. The number of aromatic amines is 2. The normalized spacial score (nSPS) is 12.0. The minimum absolute atomic E-state index is 0.108. The maximum atomic E-state index is 9.07. The number of fused-ring (bicyclic) bond motifs is 1. The molecule has 0 bridgehead atoms. The Kier molecular flexibility index (Phi) is 4.63. The number of nitrogens with zero attached hydrogens (tertiary/aromatic N) is 2. The van der Waals surface area contributed by atoms with Crippen molar-refractivity contribution in [1.29, 1.82) is 5.26 Å². The third kappa shape index (κ3) is 3.38. The molecular formula is C26H20N4. The van der Waals surface area contributed by atoms with E-state index in [4.69, 9.17) is 5.26 Å². The van der Waals surface area contributed by atoms with Crippen LogP contribution >= 0.6 is 0 Å². The number of rotatable bonds is 5. The Balaban J connectivity index is 1.58. The zero-order chi connectivity index (χ0) is 20.3. The predicted molar refractivity (Wildman–Crippen MR) is 119 cm³/mol. The van der Waals surface area contributed by atoms with Crippen LogP contribution in [0, 0.1) is 11.3 Å². The van der Waals surface area contributed by atoms with Crippen molar-refractivity contribution in [2.75, 3.05) is 0 Å². The molecule has 2 N–H and O–H groups in total. The molecule has 5 rings (SSSR count). The van der Waals surface area contributed by atoms with Crippen molar-refractivity contribution in [2.45, 2.75) is 12.3 Å². The van der Waals surface area contributed by atoms with Crippen LogP contribution in [-0.2, 0) is 6.42 Å². The molecule has 2 aromatic heterocycles. The minimum atomic E-state index is 0.108. The molecule has 4 nitrogen and oxygen atoms in total. The summed E-state index contributed by atoms with van der Waals surface area (Å²) in [7, 11) is 0. The average Bonchev–Trinajstić information content (AvgIpc) is 3.48. The highest BCUT2D eigenvalue weighted by molar-refractivity contribution is 5.95. The molecule has 0 aliphatic heterocycles. The molecule has 0 saturated carbocycles. The number of nitriles is 1. The molecule has 4 heteroatoms. The summed E-state index contributed by atoms with van der Waals surface area (Å²) in [5.41, 5.74) is 7.60. The second-order valence-corrected chi connectivity index (χ2v) is 7.43. The van der Waals surface area contributed by atoms with Crippen molar-refractivity contribution in [3.63, 3.8) is 0 Å². The molecule has 0 saturated heterocycles. The van der Waals surface area contributed by atoms with Crippen molar-refractivity contribution in [3.8, 4) is 17.2 Å². The van der Waals surface area contributed by atoms with Gasteiger partial charge in [-0.3, -0.25) is 0 Å². The monoisotopic (exact) mass is 388 g/mol. The first kappa shape index (κ1) is 18.0. The van der Waals surface area contributed by atoms with Gasteiger partial charge in [-0.1, -0.05) is 54.6 Å². The molecule has 0 spiro atoms. The lowest BCUT2D eigenvalue weighted by Gasteiger charge is -2.14. The number of H-pyrrole nitrogens is 2. The van der Waals surface area contributed by atoms with Gasteiger partial charge in [0.2, 0.25) is 0 Å². The minimum Gasteiger partial charge on any atom is -0.358 e. The Morgan fingerprint density at radius 3 is 2.47 bits per heavy atom. The summed E-state index contributed by atoms with van der Waals surface area (Å²) in [5, 5.41) is 10.3. The van der Waals surface area contributed by atoms with Gasteiger partial charge in [0.25, 0.3) is 0 Å². The number of nitrogens with one attached hydrogen (secondary N) is 2. The van der Waals surface area contributed by atoms with Gasteiger partial charge in [0.15, 0.2) is 0 Å². The summed E-state index contributed by atoms with van der Waals surface area (Å²) >= 11 is 0. The van der Waals surface area contributed by atoms with Crippen LogP contribution in [0.2, 0.25) is 0 Å². The second kappa shape index (κ2) is 7.73. The van der Waals surface area contributed by atoms with Crippen LogP contribution in [0.3, 0.4) is 0 Å². The van der Waals surface area contributed by atoms with E-state index in [0.29, 0.717) is 5.56 Å². The van der Waals surface area contributed by atoms with Crippen molar-refractivity contribution in [3.05, 3.63) is 114 Å². The number of hydrogen-bond acceptors (Lipinski definition) is 2. The van der Waals surface area contributed by atoms with Gasteiger partial charge in [-0.05, 0) is 47.4 Å². The van der Waals surface area contributed by atoms with Gasteiger partial charge in [-0.15, -0.1) is 0 Å². The topological polar surface area (TPSA) is 68.3 Å². The van der Waals surface area contributed by atoms with E-state index < -0.39 is 0 Å². The Hall–Kier alpha value is -4.10. The molecular weight excluding hydrogens is 368 g/mol. The zero-order valence-electron chi connectivity index (χ0n) is 16.3. The summed E-state index contributed by atoms with van der Waals surface area (Å²) < 4.78 is 0. The van der Waals surface area contributed by atoms with E-state index >= 15 is 0 Å². The predicted octanol–water partition coefficient (Wildman–Crippen LogP) is 5.80. The van der Waals surface area contributed by atoms with Crippen molar-refractivity contribution in [1.82, 2.24) is 15.0 Å². The van der Waals surface area contributed by atoms with Gasteiger partial charge in [0, 0.05) is 34.4 Å². The summed E-state index contributed by atoms with van der Waals surface area (Å²) in [6.07, 6.45) is 4.42. The van der Waals surface area contributed by atoms with Gasteiger partial charge in [-0.2, -0.15) is 5.26 Å². The zero-order valence-corrected chi connectivity index (χ0v) is 16.3. The first-order valence-corrected chi connectivity index (χ1v) is 9.96. The third-order valence-corrected chi connectivity index (χ3v) is 5.56. The molecule has 144 valence electrons. The van der Waals surface area contributed by atoms with Crippen LogP contribution in [0.5, 0.6) is 0 Å². The van der Waals surface area contributed by atoms with Crippen LogP contribution in [-0.4, -0.2) is 15.0 Å². The lowest BCUT2D eigenvalue weighted by Crippen LogP contribution is -2.06. The number of aromatic nitrogens is 3. The van der Waals surface area contributed by atoms with Crippen LogP contribution in [0.1, 0.15) is 28.4 Å². The Labute approximate surface area is 174 Å². The van der Waals surface area contributed by atoms with Crippen LogP contribution < -0.4 is 0 Å². The Morgan fingerprint density at radius 1 is 0.900 bits per heavy atom. The summed E-state index contributed by atoms with van der Waals surface area (Å²) in [6, 6.07) is 29.1. The maximum absolute atomic E-state index is 9.07. The number of hydrogen-bond donors (Lipinski definition) is 2. The molecule has 0 aliphatic carbocycles. The third-order valence-electron chi connectivity index (χ3n) is 5.56. The fraction of sp³-hybridized carbons (Fsp3) is 0.0769. The van der Waals surface area contributed by atoms with Gasteiger partial charge in [0.05, 0.1) is 18.0 Å². The SMILES string of the molecule is N#Cc1ccc(CC(c2cnc[nH]2)c2cc3c(-c4ccccc4)cccc3[nH]2)cc1. The standard InChI is InChI=1S/C26H20N4/c27-15-19-11-9-18(10-12-19)13-23(26-16-28-17-29-26)25-14-22-21(7-4-8-24(22)30-25)20-5-2-1-3-6-20/h1-12,14,16-17,23,30H,13H2,(H,28,29). The number of imidazole rings is 1. The maximum Gasteiger partial charge on any atom is 0.0991 e. The molecule has 1 unspecified atom stereocenters. The first-order valence-electron chi connectivity index (χ1n) is 9.96. The Morgan fingerprint density at radius 2 is 1.73 bits per heavy atom. The summed E-state index contributed by atoms with van der Waals surface area (Å²) in [4.78, 5) is 11.2. The van der Waals surface area contributed by atoms with E-state index in [1.807, 2.05) is 36.5 Å². The lowest BCUT2D eigenvalue weighted by molar-refractivity contribution is 0.760. The van der Waals surface area contributed by atoms with E-state index in [-0.39, 0.29) is 5.92 Å². The average molecular weight is 388 g/mol. The largest absolute Gasteiger partial charge is 0.358 e. The molecule has 5 aromatic rings. The summed E-state index contributed by atoms with van der Waals surface area (Å²) in [6.45, 7) is 0. The van der Waals surface area contributed by atoms with E-state index in [1.54, 1.807) is 6.33 Å². The lowest BCUT2D eigenvalue weighted by atomic mass is 9.92. The van der Waals surface area contributed by atoms with Gasteiger partial charge >= 0.3 is 0 Å². The Bertz CT molecular complexity index is 1310. The highest BCUT2D eigenvalue weighted by atomic mass is 14.9. The van der Waals surface area contributed by atoms with Gasteiger partial charge < -0.3 is 9.97 Å². The van der Waals surface area contributed by atoms with E-state index in [0.717, 1.165) is 23.3 Å². The summed E-state index contributed by atoms with van der Waals surface area (Å²) in [5.74, 6) is 0.108. The van der Waals surface area contributed by atoms with Crippen LogP contribution in [0.15, 0.2) is 91.4 Å². The molecule has 1 atom stereocenters. The molecule has 30 heavy (non-hydrogen) atoms. The molecule has 0 fully saturated rings. The van der Waals surface area contributed by atoms with E-state index in [1.165, 1.54) is 22.1 Å². The second-order valence-electron chi connectivity index (χ2n) is 7.43. The molecule has 0 amide bonds. The molecule has 2 heterocycles. The molecule has 3 aromatic carbocycles. The van der Waals surface area contributed by atoms with Crippen molar-refractivity contribution in [2.24, 2.45) is 0 Å². The van der Waals surface area contributed by atoms with Crippen LogP contribution in [0.25, 0.3) is 22.0 Å². The fourth-order valence-corrected chi connectivity index (χ4v) is 4.03. The fourth-order valence-electron chi connectivity index (χ4n) is 4.03. The first-order chi connectivity index (χ1) is 14.8. The van der Waals surface area contributed by atoms with Gasteiger partial charge in [-0.25, -0.2) is 4.98 Å². The highest BCUT2D eigenvalue weighted by Crippen LogP contribution is 2.34. The smallest absolute Gasteiger partial charge is 0.0991 e.